The van der Waals surface area contributed by atoms with Crippen LogP contribution in [0.1, 0.15) is 23.3 Å². The van der Waals surface area contributed by atoms with Gasteiger partial charge in [0, 0.05) is 13.1 Å². The number of aromatic nitrogens is 2. The van der Waals surface area contributed by atoms with E-state index in [1.54, 1.807) is 0 Å². The van der Waals surface area contributed by atoms with E-state index in [0.29, 0.717) is 25.1 Å². The molecule has 5 heterocycles. The second-order valence-corrected chi connectivity index (χ2v) is 10.8. The number of nitrogen functional groups attached to an aromatic ring is 2. The minimum Gasteiger partial charge on any atom is -0.382 e. The smallest absolute Gasteiger partial charge is 0.280 e. The van der Waals surface area contributed by atoms with Crippen LogP contribution < -0.4 is 27.6 Å². The highest BCUT2D eigenvalue weighted by molar-refractivity contribution is 7.93. The van der Waals surface area contributed by atoms with E-state index in [4.69, 9.17) is 39.6 Å². The molecule has 0 bridgehead atoms. The lowest BCUT2D eigenvalue weighted by molar-refractivity contribution is -0.117. The summed E-state index contributed by atoms with van der Waals surface area (Å²) in [6, 6.07) is 0. The van der Waals surface area contributed by atoms with Crippen molar-refractivity contribution in [3.63, 3.8) is 0 Å². The lowest BCUT2D eigenvalue weighted by Gasteiger charge is -2.39. The molecule has 0 saturated carbocycles. The van der Waals surface area contributed by atoms with Gasteiger partial charge >= 0.3 is 0 Å². The number of rotatable bonds is 3. The van der Waals surface area contributed by atoms with Crippen LogP contribution in [0.5, 0.6) is 0 Å². The lowest BCUT2D eigenvalue weighted by Crippen LogP contribution is -2.57. The molecule has 1 fully saturated rings. The van der Waals surface area contributed by atoms with Crippen molar-refractivity contribution in [1.82, 2.24) is 35.5 Å². The first-order valence-electron chi connectivity index (χ1n) is 10.3. The molecule has 1 aromatic heterocycles. The van der Waals surface area contributed by atoms with E-state index < -0.39 is 21.5 Å². The molecule has 5 rings (SSSR count). The van der Waals surface area contributed by atoms with Crippen LogP contribution in [0.4, 0.5) is 11.6 Å². The van der Waals surface area contributed by atoms with Crippen molar-refractivity contribution in [2.45, 2.75) is 18.4 Å². The molecule has 186 valence electrons. The van der Waals surface area contributed by atoms with Crippen molar-refractivity contribution in [2.75, 3.05) is 31.1 Å². The van der Waals surface area contributed by atoms with Gasteiger partial charge in [-0.05, 0) is 25.0 Å². The number of aliphatic imine (C=N–C) groups is 1. The Kier molecular flexibility index (Phi) is 5.76. The molecule has 0 aromatic carbocycles. The van der Waals surface area contributed by atoms with Crippen molar-refractivity contribution < 1.29 is 18.2 Å². The van der Waals surface area contributed by atoms with Gasteiger partial charge in [-0.25, -0.2) is 23.9 Å². The van der Waals surface area contributed by atoms with Gasteiger partial charge in [-0.1, -0.05) is 23.2 Å². The maximum absolute atomic E-state index is 13.3. The van der Waals surface area contributed by atoms with Crippen LogP contribution in [0.2, 0.25) is 5.15 Å². The van der Waals surface area contributed by atoms with E-state index in [-0.39, 0.29) is 51.6 Å². The number of hydrogen-bond acceptors (Lipinski definition) is 12. The predicted molar refractivity (Wildman–Crippen MR) is 127 cm³/mol. The third-order valence-electron chi connectivity index (χ3n) is 5.95. The summed E-state index contributed by atoms with van der Waals surface area (Å²) in [5, 5.41) is 7.10. The summed E-state index contributed by atoms with van der Waals surface area (Å²) >= 11 is 11.9. The third-order valence-corrected chi connectivity index (χ3v) is 8.45. The lowest BCUT2D eigenvalue weighted by atomic mass is 9.89. The van der Waals surface area contributed by atoms with Crippen LogP contribution in [0.25, 0.3) is 0 Å². The van der Waals surface area contributed by atoms with Crippen LogP contribution in [-0.4, -0.2) is 64.8 Å². The number of anilines is 2. The number of carbonyl (C=O) groups is 1. The predicted octanol–water partition coefficient (Wildman–Crippen LogP) is -0.281. The molecule has 17 heteroatoms. The van der Waals surface area contributed by atoms with Gasteiger partial charge in [-0.15, -0.1) is 0 Å². The summed E-state index contributed by atoms with van der Waals surface area (Å²) in [7, 11) is -3.82. The van der Waals surface area contributed by atoms with Crippen LogP contribution in [-0.2, 0) is 15.0 Å². The minimum absolute atomic E-state index is 0.0762. The maximum atomic E-state index is 13.3. The number of carbonyl (C=O) groups excluding carboxylic acids is 1. The van der Waals surface area contributed by atoms with Gasteiger partial charge in [0.25, 0.3) is 5.91 Å². The zero-order valence-corrected chi connectivity index (χ0v) is 20.3. The zero-order valence-electron chi connectivity index (χ0n) is 18.0. The van der Waals surface area contributed by atoms with Gasteiger partial charge in [0.05, 0.1) is 18.3 Å². The van der Waals surface area contributed by atoms with Gasteiger partial charge in [-0.3, -0.25) is 15.1 Å². The van der Waals surface area contributed by atoms with Crippen LogP contribution in [0.3, 0.4) is 0 Å². The second-order valence-electron chi connectivity index (χ2n) is 8.12. The number of amides is 1. The molecule has 0 aliphatic carbocycles. The molecular formula is C18H20Cl2N10O4S. The molecular weight excluding hydrogens is 523 g/mol. The monoisotopic (exact) mass is 542 g/mol. The topological polar surface area (TPSA) is 193 Å². The Morgan fingerprint density at radius 3 is 2.66 bits per heavy atom. The van der Waals surface area contributed by atoms with Crippen molar-refractivity contribution in [1.29, 1.82) is 0 Å². The van der Waals surface area contributed by atoms with Gasteiger partial charge in [-0.2, -0.15) is 14.3 Å². The van der Waals surface area contributed by atoms with E-state index >= 15 is 0 Å². The number of nitrogens with two attached hydrogens (primary N) is 2. The first kappa shape index (κ1) is 23.6. The van der Waals surface area contributed by atoms with Crippen molar-refractivity contribution >= 4 is 56.7 Å². The maximum Gasteiger partial charge on any atom is 0.280 e. The molecule has 1 aromatic rings. The third kappa shape index (κ3) is 4.14. The molecule has 1 saturated heterocycles. The molecule has 0 unspecified atom stereocenters. The van der Waals surface area contributed by atoms with Crippen molar-refractivity contribution in [3.8, 4) is 0 Å². The average molecular weight is 543 g/mol. The SMILES string of the molecule is Nc1nc(N)c(C(=O)NC2=NCC3(CCN(S(=O)(=O)C4=CC=C(Cl)N5ONC=C45)CC3)N2)nc1Cl. The number of nitrogens with zero attached hydrogens (tertiary/aromatic N) is 5. The number of hydroxylamine groups is 3. The summed E-state index contributed by atoms with van der Waals surface area (Å²) in [6.07, 6.45) is 5.26. The Bertz CT molecular complexity index is 1330. The average Bonchev–Trinajstić information content (AvgIpc) is 3.45. The highest BCUT2D eigenvalue weighted by atomic mass is 35.5. The summed E-state index contributed by atoms with van der Waals surface area (Å²) in [4.78, 5) is 29.8. The fraction of sp³-hybridized carbons (Fsp3) is 0.333. The molecule has 0 atom stereocenters. The zero-order chi connectivity index (χ0) is 25.0. The van der Waals surface area contributed by atoms with E-state index in [1.165, 1.54) is 27.7 Å². The molecule has 35 heavy (non-hydrogen) atoms. The summed E-state index contributed by atoms with van der Waals surface area (Å²) in [5.41, 5.74) is 13.4. The fourth-order valence-electron chi connectivity index (χ4n) is 4.07. The minimum atomic E-state index is -3.82. The number of piperidine rings is 1. The van der Waals surface area contributed by atoms with Crippen LogP contribution in [0, 0.1) is 0 Å². The number of nitrogens with one attached hydrogen (secondary N) is 3. The summed E-state index contributed by atoms with van der Waals surface area (Å²) < 4.78 is 28.1. The highest BCUT2D eigenvalue weighted by Crippen LogP contribution is 2.36. The number of hydrogen-bond donors (Lipinski definition) is 5. The molecule has 4 aliphatic heterocycles. The van der Waals surface area contributed by atoms with E-state index in [9.17, 15) is 13.2 Å². The first-order valence-corrected chi connectivity index (χ1v) is 12.5. The van der Waals surface area contributed by atoms with Crippen molar-refractivity contribution in [2.24, 2.45) is 4.99 Å². The van der Waals surface area contributed by atoms with Crippen LogP contribution in [0.15, 0.2) is 39.1 Å². The van der Waals surface area contributed by atoms with E-state index in [1.807, 2.05) is 0 Å². The Morgan fingerprint density at radius 2 is 1.91 bits per heavy atom. The first-order chi connectivity index (χ1) is 16.6. The number of sulfonamides is 1. The molecule has 0 radical (unpaired) electrons. The Labute approximate surface area is 209 Å². The van der Waals surface area contributed by atoms with Gasteiger partial charge < -0.3 is 16.8 Å². The van der Waals surface area contributed by atoms with Crippen molar-refractivity contribution in [3.05, 3.63) is 45.0 Å². The molecule has 14 nitrogen and oxygen atoms in total. The normalized spacial score (nSPS) is 21.4. The summed E-state index contributed by atoms with van der Waals surface area (Å²) in [5.74, 6) is -0.672. The van der Waals surface area contributed by atoms with Crippen LogP contribution >= 0.6 is 23.2 Å². The molecule has 7 N–H and O–H groups in total. The summed E-state index contributed by atoms with van der Waals surface area (Å²) in [6.45, 7) is 0.848. The largest absolute Gasteiger partial charge is 0.382 e. The molecule has 1 amide bonds. The Morgan fingerprint density at radius 1 is 1.17 bits per heavy atom. The fourth-order valence-corrected chi connectivity index (χ4v) is 5.97. The number of allylic oxidation sites excluding steroid dienone is 2. The number of guanidine groups is 1. The van der Waals surface area contributed by atoms with Gasteiger partial charge in [0.1, 0.15) is 15.8 Å². The molecule has 4 aliphatic rings. The second kappa shape index (κ2) is 8.53. The van der Waals surface area contributed by atoms with E-state index in [0.717, 1.165) is 0 Å². The number of halogens is 2. The molecule has 1 spiro atoms. The highest BCUT2D eigenvalue weighted by Gasteiger charge is 2.44. The number of fused-ring (bicyclic) bond motifs is 1. The van der Waals surface area contributed by atoms with E-state index in [2.05, 4.69) is 31.1 Å². The standard InChI is InChI=1S/C18H20Cl2N10O4S/c19-11-2-1-10(9-7-24-34-30(9)11)35(32,33)29-5-3-18(4-6-29)8-23-17(28-18)27-16(31)12-14(21)26-15(22)13(20)25-12/h1-2,7,24H,3-6,8H2,(H4,21,22,26)(H2,23,27,28,31). The van der Waals surface area contributed by atoms with Gasteiger partial charge in [0.15, 0.2) is 28.4 Å². The Balaban J connectivity index is 1.23. The quantitative estimate of drug-likeness (QED) is 0.315. The van der Waals surface area contributed by atoms with Gasteiger partial charge in [0.2, 0.25) is 10.0 Å². The Hall–Kier alpha value is -3.11.